The van der Waals surface area contributed by atoms with Crippen LogP contribution in [-0.2, 0) is 9.53 Å². The number of amides is 1. The van der Waals surface area contributed by atoms with Crippen molar-refractivity contribution in [1.82, 2.24) is 5.32 Å². The number of nitrogens with two attached hydrogens (primary N) is 1. The van der Waals surface area contributed by atoms with Crippen LogP contribution in [0.4, 0.5) is 11.4 Å². The third-order valence-electron chi connectivity index (χ3n) is 2.63. The molecular formula is C13H18ClN3O4. The topological polar surface area (TPSA) is 114 Å². The van der Waals surface area contributed by atoms with E-state index in [1.54, 1.807) is 7.11 Å². The second kappa shape index (κ2) is 8.33. The molecule has 0 fully saturated rings. The number of halogens is 1. The van der Waals surface area contributed by atoms with Crippen LogP contribution in [0.3, 0.4) is 0 Å². The van der Waals surface area contributed by atoms with Gasteiger partial charge in [-0.25, -0.2) is 4.79 Å². The van der Waals surface area contributed by atoms with Gasteiger partial charge < -0.3 is 26.2 Å². The molecule has 0 aliphatic rings. The Labute approximate surface area is 127 Å². The highest BCUT2D eigenvalue weighted by Gasteiger charge is 2.14. The number of carbonyl (C=O) groups excluding carboxylic acids is 1. The summed E-state index contributed by atoms with van der Waals surface area (Å²) in [4.78, 5) is 22.6. The summed E-state index contributed by atoms with van der Waals surface area (Å²) in [6.45, 7) is 1.12. The highest BCUT2D eigenvalue weighted by Crippen LogP contribution is 2.29. The molecule has 0 saturated carbocycles. The highest BCUT2D eigenvalue weighted by molar-refractivity contribution is 6.34. The van der Waals surface area contributed by atoms with E-state index < -0.39 is 5.97 Å². The van der Waals surface area contributed by atoms with Gasteiger partial charge in [-0.05, 0) is 12.1 Å². The van der Waals surface area contributed by atoms with Crippen molar-refractivity contribution in [3.8, 4) is 0 Å². The normalized spacial score (nSPS) is 10.2. The molecule has 0 bridgehead atoms. The summed E-state index contributed by atoms with van der Waals surface area (Å²) in [5.74, 6) is -1.31. The van der Waals surface area contributed by atoms with Crippen molar-refractivity contribution in [1.29, 1.82) is 0 Å². The summed E-state index contributed by atoms with van der Waals surface area (Å²) >= 11 is 5.97. The van der Waals surface area contributed by atoms with Crippen LogP contribution in [0.2, 0.25) is 5.02 Å². The first-order valence-corrected chi connectivity index (χ1v) is 6.65. The Bertz CT molecular complexity index is 522. The quantitative estimate of drug-likeness (QED) is 0.423. The molecule has 0 atom stereocenters. The summed E-state index contributed by atoms with van der Waals surface area (Å²) in [6, 6.07) is 2.77. The maximum atomic E-state index is 11.5. The fraction of sp³-hybridized carbons (Fsp3) is 0.385. The number of nitrogens with one attached hydrogen (secondary N) is 2. The third-order valence-corrected chi connectivity index (χ3v) is 2.92. The van der Waals surface area contributed by atoms with Gasteiger partial charge >= 0.3 is 5.97 Å². The maximum Gasteiger partial charge on any atom is 0.337 e. The number of methoxy groups -OCH3 is 1. The molecule has 1 rings (SSSR count). The summed E-state index contributed by atoms with van der Waals surface area (Å²) < 4.78 is 4.81. The predicted molar refractivity (Wildman–Crippen MR) is 80.8 cm³/mol. The lowest BCUT2D eigenvalue weighted by atomic mass is 10.1. The Balaban J connectivity index is 2.59. The zero-order valence-electron chi connectivity index (χ0n) is 11.6. The summed E-state index contributed by atoms with van der Waals surface area (Å²) in [5.41, 5.74) is 6.05. The molecule has 5 N–H and O–H groups in total. The molecule has 1 aromatic carbocycles. The van der Waals surface area contributed by atoms with Crippen molar-refractivity contribution in [3.63, 3.8) is 0 Å². The second-order valence-electron chi connectivity index (χ2n) is 4.25. The van der Waals surface area contributed by atoms with Crippen LogP contribution in [0.15, 0.2) is 12.1 Å². The van der Waals surface area contributed by atoms with Crippen molar-refractivity contribution in [2.24, 2.45) is 0 Å². The Morgan fingerprint density at radius 3 is 2.71 bits per heavy atom. The molecule has 0 aromatic heterocycles. The maximum absolute atomic E-state index is 11.5. The second-order valence-corrected chi connectivity index (χ2v) is 4.66. The minimum atomic E-state index is -1.14. The molecule has 0 unspecified atom stereocenters. The monoisotopic (exact) mass is 315 g/mol. The fourth-order valence-electron chi connectivity index (χ4n) is 1.66. The van der Waals surface area contributed by atoms with E-state index in [1.165, 1.54) is 12.1 Å². The molecule has 0 aliphatic carbocycles. The molecule has 21 heavy (non-hydrogen) atoms. The highest BCUT2D eigenvalue weighted by atomic mass is 35.5. The Kier molecular flexibility index (Phi) is 6.77. The minimum absolute atomic E-state index is 0.0280. The Morgan fingerprint density at radius 2 is 2.10 bits per heavy atom. The average Bonchev–Trinajstić information content (AvgIpc) is 2.40. The third kappa shape index (κ3) is 5.49. The van der Waals surface area contributed by atoms with Gasteiger partial charge in [0, 0.05) is 32.3 Å². The van der Waals surface area contributed by atoms with Gasteiger partial charge in [0.15, 0.2) is 0 Å². The lowest BCUT2D eigenvalue weighted by molar-refractivity contribution is -0.121. The number of ether oxygens (including phenoxy) is 1. The van der Waals surface area contributed by atoms with E-state index in [0.29, 0.717) is 13.2 Å². The number of nitrogen functional groups attached to an aromatic ring is 1. The van der Waals surface area contributed by atoms with E-state index in [4.69, 9.17) is 27.2 Å². The zero-order valence-corrected chi connectivity index (χ0v) is 12.4. The average molecular weight is 316 g/mol. The molecule has 0 radical (unpaired) electrons. The van der Waals surface area contributed by atoms with Gasteiger partial charge in [0.05, 0.1) is 22.9 Å². The Morgan fingerprint density at radius 1 is 1.38 bits per heavy atom. The van der Waals surface area contributed by atoms with Crippen LogP contribution in [0, 0.1) is 0 Å². The molecule has 0 heterocycles. The van der Waals surface area contributed by atoms with Gasteiger partial charge in [-0.15, -0.1) is 0 Å². The first-order chi connectivity index (χ1) is 9.95. The molecule has 1 amide bonds. The van der Waals surface area contributed by atoms with E-state index in [2.05, 4.69) is 10.6 Å². The van der Waals surface area contributed by atoms with Gasteiger partial charge in [0.2, 0.25) is 5.91 Å². The first kappa shape index (κ1) is 17.1. The van der Waals surface area contributed by atoms with Crippen LogP contribution in [0.1, 0.15) is 16.8 Å². The molecule has 116 valence electrons. The van der Waals surface area contributed by atoms with Gasteiger partial charge in [-0.1, -0.05) is 11.6 Å². The van der Waals surface area contributed by atoms with Crippen LogP contribution >= 0.6 is 11.6 Å². The lowest BCUT2D eigenvalue weighted by Gasteiger charge is -2.12. The molecule has 1 aromatic rings. The van der Waals surface area contributed by atoms with Crippen molar-refractivity contribution >= 4 is 34.9 Å². The summed E-state index contributed by atoms with van der Waals surface area (Å²) in [6.07, 6.45) is 0.184. The summed E-state index contributed by atoms with van der Waals surface area (Å²) in [5, 5.41) is 14.8. The van der Waals surface area contributed by atoms with E-state index in [9.17, 15) is 9.59 Å². The van der Waals surface area contributed by atoms with E-state index >= 15 is 0 Å². The number of carboxylic acids is 1. The van der Waals surface area contributed by atoms with Crippen LogP contribution in [-0.4, -0.2) is 43.8 Å². The van der Waals surface area contributed by atoms with Gasteiger partial charge in [-0.2, -0.15) is 0 Å². The van der Waals surface area contributed by atoms with Crippen molar-refractivity contribution in [2.45, 2.75) is 6.42 Å². The van der Waals surface area contributed by atoms with Crippen LogP contribution in [0.5, 0.6) is 0 Å². The van der Waals surface area contributed by atoms with E-state index in [0.717, 1.165) is 0 Å². The molecule has 0 spiro atoms. The smallest absolute Gasteiger partial charge is 0.337 e. The molecule has 7 nitrogen and oxygen atoms in total. The Hall–Kier alpha value is -1.99. The van der Waals surface area contributed by atoms with Crippen LogP contribution < -0.4 is 16.4 Å². The molecule has 8 heteroatoms. The van der Waals surface area contributed by atoms with Crippen LogP contribution in [0.25, 0.3) is 0 Å². The number of hydrogen-bond donors (Lipinski definition) is 4. The number of anilines is 2. The number of carbonyl (C=O) groups is 2. The molecule has 0 saturated heterocycles. The van der Waals surface area contributed by atoms with Crippen molar-refractivity contribution in [2.75, 3.05) is 37.9 Å². The number of benzene rings is 1. The number of hydrogen-bond acceptors (Lipinski definition) is 5. The molecule has 0 aliphatic heterocycles. The van der Waals surface area contributed by atoms with E-state index in [1.807, 2.05) is 0 Å². The fourth-order valence-corrected chi connectivity index (χ4v) is 1.95. The van der Waals surface area contributed by atoms with Gasteiger partial charge in [0.25, 0.3) is 0 Å². The number of carboxylic acid groups (broad SMARTS) is 1. The van der Waals surface area contributed by atoms with E-state index in [-0.39, 0.29) is 40.8 Å². The van der Waals surface area contributed by atoms with Gasteiger partial charge in [-0.3, -0.25) is 4.79 Å². The van der Waals surface area contributed by atoms with Crippen molar-refractivity contribution in [3.05, 3.63) is 22.7 Å². The number of aromatic carboxylic acids is 1. The largest absolute Gasteiger partial charge is 0.478 e. The number of rotatable bonds is 8. The van der Waals surface area contributed by atoms with Gasteiger partial charge in [0.1, 0.15) is 0 Å². The standard InChI is InChI=1S/C13H18ClN3O4/c1-21-5-4-16-11(18)2-3-17-12-9(13(19)20)6-8(15)7-10(12)14/h6-7,17H,2-5,15H2,1H3,(H,16,18)(H,19,20). The minimum Gasteiger partial charge on any atom is -0.478 e. The SMILES string of the molecule is COCCNC(=O)CCNc1c(Cl)cc(N)cc1C(=O)O. The van der Waals surface area contributed by atoms with Crippen molar-refractivity contribution < 1.29 is 19.4 Å². The zero-order chi connectivity index (χ0) is 15.8. The summed E-state index contributed by atoms with van der Waals surface area (Å²) in [7, 11) is 1.55. The first-order valence-electron chi connectivity index (χ1n) is 6.27. The molecular weight excluding hydrogens is 298 g/mol. The predicted octanol–water partition coefficient (Wildman–Crippen LogP) is 1.19. The lowest BCUT2D eigenvalue weighted by Crippen LogP contribution is -2.28.